The summed E-state index contributed by atoms with van der Waals surface area (Å²) in [7, 11) is 1.34. The molecule has 3 nitrogen and oxygen atoms in total. The van der Waals surface area contributed by atoms with Crippen molar-refractivity contribution in [3.63, 3.8) is 0 Å². The normalized spacial score (nSPS) is 12.2. The van der Waals surface area contributed by atoms with Crippen molar-refractivity contribution in [2.45, 2.75) is 26.7 Å². The number of ketones is 1. The molecule has 0 bridgehead atoms. The standard InChI is InChI=1S/C10H18O3S/c1-4-14-7-8(2)9(11)5-6-10(12)13-3/h8H,4-7H2,1-3H3. The van der Waals surface area contributed by atoms with Crippen LogP contribution < -0.4 is 0 Å². The van der Waals surface area contributed by atoms with E-state index in [4.69, 9.17) is 0 Å². The zero-order valence-corrected chi connectivity index (χ0v) is 9.86. The summed E-state index contributed by atoms with van der Waals surface area (Å²) in [6, 6.07) is 0. The van der Waals surface area contributed by atoms with Crippen molar-refractivity contribution >= 4 is 23.5 Å². The van der Waals surface area contributed by atoms with Gasteiger partial charge in [0, 0.05) is 18.1 Å². The molecule has 0 aromatic heterocycles. The molecule has 1 unspecified atom stereocenters. The van der Waals surface area contributed by atoms with Crippen LogP contribution in [0.1, 0.15) is 26.7 Å². The number of ether oxygens (including phenoxy) is 1. The number of esters is 1. The van der Waals surface area contributed by atoms with Crippen molar-refractivity contribution in [1.29, 1.82) is 0 Å². The SMILES string of the molecule is CCSCC(C)C(=O)CCC(=O)OC. The van der Waals surface area contributed by atoms with Gasteiger partial charge in [-0.15, -0.1) is 0 Å². The van der Waals surface area contributed by atoms with Gasteiger partial charge in [-0.25, -0.2) is 0 Å². The zero-order valence-electron chi connectivity index (χ0n) is 9.04. The molecule has 14 heavy (non-hydrogen) atoms. The van der Waals surface area contributed by atoms with E-state index >= 15 is 0 Å². The van der Waals surface area contributed by atoms with E-state index in [1.807, 2.05) is 6.92 Å². The van der Waals surface area contributed by atoms with Crippen LogP contribution in [0, 0.1) is 5.92 Å². The van der Waals surface area contributed by atoms with Gasteiger partial charge in [0.25, 0.3) is 0 Å². The first kappa shape index (κ1) is 13.5. The van der Waals surface area contributed by atoms with Gasteiger partial charge in [0.15, 0.2) is 0 Å². The second-order valence-corrected chi connectivity index (χ2v) is 4.42. The highest BCUT2D eigenvalue weighted by atomic mass is 32.2. The van der Waals surface area contributed by atoms with E-state index in [1.165, 1.54) is 7.11 Å². The Morgan fingerprint density at radius 1 is 1.36 bits per heavy atom. The fourth-order valence-corrected chi connectivity index (χ4v) is 1.74. The van der Waals surface area contributed by atoms with Crippen LogP contribution in [0.4, 0.5) is 0 Å². The molecule has 0 saturated carbocycles. The Labute approximate surface area is 89.6 Å². The van der Waals surface area contributed by atoms with Crippen molar-refractivity contribution in [2.24, 2.45) is 5.92 Å². The maximum absolute atomic E-state index is 11.4. The second-order valence-electron chi connectivity index (χ2n) is 3.10. The summed E-state index contributed by atoms with van der Waals surface area (Å²) in [5, 5.41) is 0. The van der Waals surface area contributed by atoms with Crippen LogP contribution >= 0.6 is 11.8 Å². The van der Waals surface area contributed by atoms with E-state index in [0.717, 1.165) is 11.5 Å². The quantitative estimate of drug-likeness (QED) is 0.612. The Morgan fingerprint density at radius 2 is 2.00 bits per heavy atom. The molecule has 4 heteroatoms. The summed E-state index contributed by atoms with van der Waals surface area (Å²) in [6.07, 6.45) is 0.509. The van der Waals surface area contributed by atoms with Gasteiger partial charge in [0.2, 0.25) is 0 Å². The van der Waals surface area contributed by atoms with Crippen LogP contribution in [0.3, 0.4) is 0 Å². The molecule has 0 radical (unpaired) electrons. The third-order valence-electron chi connectivity index (χ3n) is 1.92. The first-order valence-electron chi connectivity index (χ1n) is 4.79. The number of hydrogen-bond donors (Lipinski definition) is 0. The van der Waals surface area contributed by atoms with Crippen molar-refractivity contribution in [1.82, 2.24) is 0 Å². The largest absolute Gasteiger partial charge is 0.469 e. The van der Waals surface area contributed by atoms with Crippen molar-refractivity contribution < 1.29 is 14.3 Å². The highest BCUT2D eigenvalue weighted by molar-refractivity contribution is 7.99. The Kier molecular flexibility index (Phi) is 7.57. The number of methoxy groups -OCH3 is 1. The average molecular weight is 218 g/mol. The second kappa shape index (κ2) is 7.85. The molecule has 82 valence electrons. The maximum Gasteiger partial charge on any atom is 0.305 e. The summed E-state index contributed by atoms with van der Waals surface area (Å²) in [4.78, 5) is 22.2. The van der Waals surface area contributed by atoms with Gasteiger partial charge in [-0.1, -0.05) is 13.8 Å². The Morgan fingerprint density at radius 3 is 2.50 bits per heavy atom. The van der Waals surface area contributed by atoms with E-state index < -0.39 is 0 Å². The average Bonchev–Trinajstić information content (AvgIpc) is 2.21. The summed E-state index contributed by atoms with van der Waals surface area (Å²) in [5.74, 6) is 1.75. The van der Waals surface area contributed by atoms with Crippen LogP contribution in [0.2, 0.25) is 0 Å². The van der Waals surface area contributed by atoms with E-state index in [9.17, 15) is 9.59 Å². The third-order valence-corrected chi connectivity index (χ3v) is 3.07. The van der Waals surface area contributed by atoms with E-state index in [-0.39, 0.29) is 24.1 Å². The van der Waals surface area contributed by atoms with Gasteiger partial charge in [-0.3, -0.25) is 9.59 Å². The van der Waals surface area contributed by atoms with Gasteiger partial charge in [0.1, 0.15) is 5.78 Å². The maximum atomic E-state index is 11.4. The Bertz CT molecular complexity index is 192. The number of carbonyl (C=O) groups excluding carboxylic acids is 2. The van der Waals surface area contributed by atoms with Gasteiger partial charge in [-0.2, -0.15) is 11.8 Å². The van der Waals surface area contributed by atoms with Crippen LogP contribution in [0.25, 0.3) is 0 Å². The topological polar surface area (TPSA) is 43.4 Å². The summed E-state index contributed by atoms with van der Waals surface area (Å²) >= 11 is 1.75. The van der Waals surface area contributed by atoms with Crippen LogP contribution in [0.5, 0.6) is 0 Å². The molecule has 0 fully saturated rings. The van der Waals surface area contributed by atoms with Crippen LogP contribution in [-0.4, -0.2) is 30.4 Å². The Hall–Kier alpha value is -0.510. The zero-order chi connectivity index (χ0) is 11.0. The van der Waals surface area contributed by atoms with Gasteiger partial charge >= 0.3 is 5.97 Å². The first-order chi connectivity index (χ1) is 6.61. The van der Waals surface area contributed by atoms with Gasteiger partial charge in [0.05, 0.1) is 13.5 Å². The lowest BCUT2D eigenvalue weighted by molar-refractivity contribution is -0.142. The highest BCUT2D eigenvalue weighted by Gasteiger charge is 2.14. The van der Waals surface area contributed by atoms with E-state index in [2.05, 4.69) is 11.7 Å². The molecule has 0 N–H and O–H groups in total. The monoisotopic (exact) mass is 218 g/mol. The lowest BCUT2D eigenvalue weighted by atomic mass is 10.0. The molecule has 0 spiro atoms. The summed E-state index contributed by atoms with van der Waals surface area (Å²) in [5.41, 5.74) is 0. The minimum atomic E-state index is -0.311. The number of thioether (sulfide) groups is 1. The van der Waals surface area contributed by atoms with Crippen molar-refractivity contribution in [2.75, 3.05) is 18.6 Å². The lowest BCUT2D eigenvalue weighted by Crippen LogP contribution is -2.15. The minimum absolute atomic E-state index is 0.0459. The molecule has 0 rings (SSSR count). The molecule has 0 heterocycles. The molecule has 0 aromatic rings. The van der Waals surface area contributed by atoms with Crippen molar-refractivity contribution in [3.8, 4) is 0 Å². The number of carbonyl (C=O) groups is 2. The highest BCUT2D eigenvalue weighted by Crippen LogP contribution is 2.11. The predicted octanol–water partition coefficient (Wildman–Crippen LogP) is 1.90. The third kappa shape index (κ3) is 6.02. The fraction of sp³-hybridized carbons (Fsp3) is 0.800. The number of Topliss-reactive ketones (excluding diaryl/α,β-unsaturated/α-hetero) is 1. The smallest absolute Gasteiger partial charge is 0.305 e. The molecule has 0 aliphatic carbocycles. The molecule has 0 amide bonds. The summed E-state index contributed by atoms with van der Waals surface area (Å²) in [6.45, 7) is 3.97. The predicted molar refractivity (Wildman–Crippen MR) is 58.4 cm³/mol. The number of rotatable bonds is 7. The van der Waals surface area contributed by atoms with E-state index in [1.54, 1.807) is 11.8 Å². The molecule has 0 saturated heterocycles. The summed E-state index contributed by atoms with van der Waals surface area (Å²) < 4.78 is 4.47. The first-order valence-corrected chi connectivity index (χ1v) is 5.94. The molecule has 0 aliphatic heterocycles. The molecular formula is C10H18O3S. The molecular weight excluding hydrogens is 200 g/mol. The number of hydrogen-bond acceptors (Lipinski definition) is 4. The van der Waals surface area contributed by atoms with Crippen LogP contribution in [-0.2, 0) is 14.3 Å². The minimum Gasteiger partial charge on any atom is -0.469 e. The fourth-order valence-electron chi connectivity index (χ4n) is 0.961. The molecule has 1 atom stereocenters. The lowest BCUT2D eigenvalue weighted by Gasteiger charge is -2.08. The Balaban J connectivity index is 3.67. The van der Waals surface area contributed by atoms with E-state index in [0.29, 0.717) is 6.42 Å². The van der Waals surface area contributed by atoms with Gasteiger partial charge in [-0.05, 0) is 5.75 Å². The van der Waals surface area contributed by atoms with Gasteiger partial charge < -0.3 is 4.74 Å². The van der Waals surface area contributed by atoms with Crippen LogP contribution in [0.15, 0.2) is 0 Å². The molecule has 0 aromatic carbocycles. The van der Waals surface area contributed by atoms with Crippen molar-refractivity contribution in [3.05, 3.63) is 0 Å². The molecule has 0 aliphatic rings.